The summed E-state index contributed by atoms with van der Waals surface area (Å²) in [4.78, 5) is 4.24. The molecule has 0 spiro atoms. The molecule has 0 fully saturated rings. The molecule has 0 saturated heterocycles. The first kappa shape index (κ1) is 25.3. The van der Waals surface area contributed by atoms with E-state index < -0.39 is 0 Å². The molecule has 0 saturated carbocycles. The van der Waals surface area contributed by atoms with Gasteiger partial charge in [0.05, 0.1) is 19.8 Å². The summed E-state index contributed by atoms with van der Waals surface area (Å²) in [5.74, 6) is 0.525. The minimum Gasteiger partial charge on any atom is -0.379 e. The summed E-state index contributed by atoms with van der Waals surface area (Å²) in [7, 11) is 1.75. The second-order valence-corrected chi connectivity index (χ2v) is 6.30. The van der Waals surface area contributed by atoms with Crippen LogP contribution in [-0.4, -0.2) is 39.4 Å². The van der Waals surface area contributed by atoms with Gasteiger partial charge >= 0.3 is 0 Å². The molecule has 2 rings (SSSR count). The summed E-state index contributed by atoms with van der Waals surface area (Å²) in [6.07, 6.45) is 0.801. The van der Waals surface area contributed by atoms with Crippen LogP contribution in [0.5, 0.6) is 0 Å². The van der Waals surface area contributed by atoms with Gasteiger partial charge in [0.1, 0.15) is 5.82 Å². The molecule has 7 heteroatoms. The lowest BCUT2D eigenvalue weighted by Gasteiger charge is -2.13. The molecule has 0 aliphatic rings. The van der Waals surface area contributed by atoms with Crippen molar-refractivity contribution in [3.63, 3.8) is 0 Å². The molecule has 0 atom stereocenters. The quantitative estimate of drug-likeness (QED) is 0.206. The summed E-state index contributed by atoms with van der Waals surface area (Å²) in [6, 6.07) is 14.8. The van der Waals surface area contributed by atoms with Gasteiger partial charge in [-0.15, -0.1) is 24.0 Å². The van der Waals surface area contributed by atoms with E-state index in [0.717, 1.165) is 35.6 Å². The average molecular weight is 515 g/mol. The Morgan fingerprint density at radius 1 is 0.966 bits per heavy atom. The van der Waals surface area contributed by atoms with Crippen molar-refractivity contribution in [3.05, 3.63) is 71.0 Å². The van der Waals surface area contributed by atoms with Crippen molar-refractivity contribution >= 4 is 29.9 Å². The van der Waals surface area contributed by atoms with Crippen molar-refractivity contribution in [2.45, 2.75) is 26.5 Å². The Balaban J connectivity index is 0.00000420. The zero-order valence-corrected chi connectivity index (χ0v) is 19.4. The normalized spacial score (nSPS) is 11.1. The van der Waals surface area contributed by atoms with E-state index in [9.17, 15) is 4.39 Å². The molecule has 5 nitrogen and oxygen atoms in total. The standard InChI is InChI=1S/C22H30FN3O2.HI/c1-3-27-13-14-28-17-20-6-4-5-19(15-20)16-26-22(24-2)25-12-11-18-7-9-21(23)10-8-18;/h4-10,15H,3,11-14,16-17H2,1-2H3,(H2,24,25,26);1H. The van der Waals surface area contributed by atoms with Crippen LogP contribution in [0.25, 0.3) is 0 Å². The third-order valence-corrected chi connectivity index (χ3v) is 4.14. The Hall–Kier alpha value is -1.71. The van der Waals surface area contributed by atoms with Crippen molar-refractivity contribution in [1.82, 2.24) is 10.6 Å². The number of benzene rings is 2. The summed E-state index contributed by atoms with van der Waals surface area (Å²) < 4.78 is 23.8. The Morgan fingerprint density at radius 3 is 2.41 bits per heavy atom. The smallest absolute Gasteiger partial charge is 0.191 e. The fraction of sp³-hybridized carbons (Fsp3) is 0.409. The third-order valence-electron chi connectivity index (χ3n) is 4.14. The average Bonchev–Trinajstić information content (AvgIpc) is 2.72. The molecule has 0 aromatic heterocycles. The first-order valence-corrected chi connectivity index (χ1v) is 9.63. The lowest BCUT2D eigenvalue weighted by Crippen LogP contribution is -2.37. The maximum absolute atomic E-state index is 12.9. The van der Waals surface area contributed by atoms with Gasteiger partial charge in [-0.25, -0.2) is 4.39 Å². The predicted molar refractivity (Wildman–Crippen MR) is 126 cm³/mol. The molecule has 2 aromatic rings. The number of guanidine groups is 1. The molecule has 0 bridgehead atoms. The van der Waals surface area contributed by atoms with E-state index in [2.05, 4.69) is 33.8 Å². The molecule has 0 amide bonds. The van der Waals surface area contributed by atoms with Crippen LogP contribution in [-0.2, 0) is 29.0 Å². The van der Waals surface area contributed by atoms with E-state index in [0.29, 0.717) is 33.0 Å². The molecule has 160 valence electrons. The molecule has 0 aliphatic heterocycles. The number of nitrogens with one attached hydrogen (secondary N) is 2. The van der Waals surface area contributed by atoms with E-state index in [1.165, 1.54) is 12.1 Å². The maximum atomic E-state index is 12.9. The number of hydrogen-bond acceptors (Lipinski definition) is 3. The van der Waals surface area contributed by atoms with Gasteiger partial charge in [-0.3, -0.25) is 4.99 Å². The van der Waals surface area contributed by atoms with Gasteiger partial charge in [-0.05, 0) is 42.2 Å². The largest absolute Gasteiger partial charge is 0.379 e. The molecule has 29 heavy (non-hydrogen) atoms. The van der Waals surface area contributed by atoms with Crippen LogP contribution in [0.15, 0.2) is 53.5 Å². The predicted octanol–water partition coefficient (Wildman–Crippen LogP) is 3.90. The summed E-state index contributed by atoms with van der Waals surface area (Å²) in [6.45, 7) is 5.87. The van der Waals surface area contributed by atoms with Crippen LogP contribution >= 0.6 is 24.0 Å². The number of hydrogen-bond donors (Lipinski definition) is 2. The molecule has 2 N–H and O–H groups in total. The van der Waals surface area contributed by atoms with E-state index in [-0.39, 0.29) is 29.8 Å². The number of ether oxygens (including phenoxy) is 2. The number of nitrogens with zero attached hydrogens (tertiary/aromatic N) is 1. The summed E-state index contributed by atoms with van der Waals surface area (Å²) in [5.41, 5.74) is 3.38. The van der Waals surface area contributed by atoms with Gasteiger partial charge in [0, 0.05) is 26.7 Å². The zero-order chi connectivity index (χ0) is 20.0. The number of rotatable bonds is 11. The first-order chi connectivity index (χ1) is 13.7. The summed E-state index contributed by atoms with van der Waals surface area (Å²) in [5, 5.41) is 6.59. The number of aliphatic imine (C=N–C) groups is 1. The second kappa shape index (κ2) is 15.2. The minimum absolute atomic E-state index is 0. The Bertz CT molecular complexity index is 726. The lowest BCUT2D eigenvalue weighted by atomic mass is 10.1. The fourth-order valence-corrected chi connectivity index (χ4v) is 2.66. The Labute approximate surface area is 190 Å². The van der Waals surface area contributed by atoms with E-state index >= 15 is 0 Å². The van der Waals surface area contributed by atoms with Crippen LogP contribution < -0.4 is 10.6 Å². The van der Waals surface area contributed by atoms with Crippen molar-refractivity contribution in [2.24, 2.45) is 4.99 Å². The minimum atomic E-state index is -0.212. The third kappa shape index (κ3) is 10.6. The summed E-state index contributed by atoms with van der Waals surface area (Å²) >= 11 is 0. The molecule has 0 radical (unpaired) electrons. The van der Waals surface area contributed by atoms with Gasteiger partial charge in [-0.2, -0.15) is 0 Å². The van der Waals surface area contributed by atoms with E-state index in [4.69, 9.17) is 9.47 Å². The fourth-order valence-electron chi connectivity index (χ4n) is 2.66. The van der Waals surface area contributed by atoms with E-state index in [1.54, 1.807) is 19.2 Å². The number of halogens is 2. The first-order valence-electron chi connectivity index (χ1n) is 9.63. The highest BCUT2D eigenvalue weighted by molar-refractivity contribution is 14.0. The lowest BCUT2D eigenvalue weighted by molar-refractivity contribution is 0.0453. The van der Waals surface area contributed by atoms with Gasteiger partial charge in [-0.1, -0.05) is 36.4 Å². The van der Waals surface area contributed by atoms with Gasteiger partial charge in [0.25, 0.3) is 0 Å². The Kier molecular flexibility index (Phi) is 13.3. The molecular formula is C22H31FIN3O2. The van der Waals surface area contributed by atoms with Crippen LogP contribution in [0.3, 0.4) is 0 Å². The van der Waals surface area contributed by atoms with Gasteiger partial charge in [0.15, 0.2) is 5.96 Å². The highest BCUT2D eigenvalue weighted by Gasteiger charge is 2.01. The van der Waals surface area contributed by atoms with Crippen LogP contribution in [0, 0.1) is 5.82 Å². The monoisotopic (exact) mass is 515 g/mol. The second-order valence-electron chi connectivity index (χ2n) is 6.30. The van der Waals surface area contributed by atoms with Crippen LogP contribution in [0.2, 0.25) is 0 Å². The highest BCUT2D eigenvalue weighted by atomic mass is 127. The highest BCUT2D eigenvalue weighted by Crippen LogP contribution is 2.07. The topological polar surface area (TPSA) is 54.9 Å². The van der Waals surface area contributed by atoms with Crippen molar-refractivity contribution < 1.29 is 13.9 Å². The van der Waals surface area contributed by atoms with Crippen molar-refractivity contribution in [3.8, 4) is 0 Å². The Morgan fingerprint density at radius 2 is 1.69 bits per heavy atom. The maximum Gasteiger partial charge on any atom is 0.191 e. The molecule has 0 aliphatic carbocycles. The van der Waals surface area contributed by atoms with Crippen molar-refractivity contribution in [1.29, 1.82) is 0 Å². The SMILES string of the molecule is CCOCCOCc1cccc(CNC(=NC)NCCc2ccc(F)cc2)c1.I. The molecule has 0 unspecified atom stereocenters. The van der Waals surface area contributed by atoms with Crippen LogP contribution in [0.4, 0.5) is 4.39 Å². The molecule has 0 heterocycles. The van der Waals surface area contributed by atoms with E-state index in [1.807, 2.05) is 13.0 Å². The van der Waals surface area contributed by atoms with Crippen LogP contribution in [0.1, 0.15) is 23.6 Å². The van der Waals surface area contributed by atoms with Gasteiger partial charge < -0.3 is 20.1 Å². The zero-order valence-electron chi connectivity index (χ0n) is 17.1. The molecule has 2 aromatic carbocycles. The van der Waals surface area contributed by atoms with Crippen molar-refractivity contribution in [2.75, 3.05) is 33.4 Å². The van der Waals surface area contributed by atoms with Gasteiger partial charge in [0.2, 0.25) is 0 Å². The molecular weight excluding hydrogens is 484 g/mol.